The number of aliphatic hydroxyl groups is 1. The minimum absolute atomic E-state index is 0.138. The van der Waals surface area contributed by atoms with Crippen molar-refractivity contribution in [2.24, 2.45) is 0 Å². The number of ether oxygens (including phenoxy) is 1. The van der Waals surface area contributed by atoms with Crippen LogP contribution in [0.4, 0.5) is 11.5 Å². The van der Waals surface area contributed by atoms with Crippen LogP contribution in [0.15, 0.2) is 12.1 Å². The Morgan fingerprint density at radius 2 is 2.11 bits per heavy atom. The molecule has 0 aliphatic heterocycles. The fraction of sp³-hybridized carbons (Fsp3) is 0.643. The molecule has 1 aromatic heterocycles. The quantitative estimate of drug-likeness (QED) is 0.760. The van der Waals surface area contributed by atoms with Crippen LogP contribution in [0, 0.1) is 0 Å². The van der Waals surface area contributed by atoms with Gasteiger partial charge in [-0.25, -0.2) is 0 Å². The second-order valence-corrected chi connectivity index (χ2v) is 5.09. The van der Waals surface area contributed by atoms with E-state index in [0.717, 1.165) is 37.9 Å². The lowest BCUT2D eigenvalue weighted by Crippen LogP contribution is -2.28. The number of aliphatic hydroxyl groups excluding tert-OH is 1. The summed E-state index contributed by atoms with van der Waals surface area (Å²) in [5, 5.41) is 12.9. The maximum absolute atomic E-state index is 9.49. The van der Waals surface area contributed by atoms with Crippen LogP contribution < -0.4 is 15.8 Å². The van der Waals surface area contributed by atoms with Gasteiger partial charge in [-0.3, -0.25) is 0 Å². The van der Waals surface area contributed by atoms with Gasteiger partial charge >= 0.3 is 0 Å². The van der Waals surface area contributed by atoms with E-state index in [1.54, 1.807) is 0 Å². The first kappa shape index (κ1) is 13.9. The maximum atomic E-state index is 9.49. The lowest BCUT2D eigenvalue weighted by atomic mass is 9.93. The Kier molecular flexibility index (Phi) is 4.85. The molecule has 0 amide bonds. The van der Waals surface area contributed by atoms with E-state index in [2.05, 4.69) is 10.3 Å². The predicted molar refractivity (Wildman–Crippen MR) is 76.3 cm³/mol. The molecule has 1 aliphatic carbocycles. The molecule has 0 aromatic carbocycles. The Hall–Kier alpha value is -1.49. The van der Waals surface area contributed by atoms with Crippen molar-refractivity contribution in [3.63, 3.8) is 0 Å². The highest BCUT2D eigenvalue weighted by Crippen LogP contribution is 2.25. The number of rotatable bonds is 5. The smallest absolute Gasteiger partial charge is 0.239 e. The Bertz CT molecular complexity index is 404. The molecule has 0 bridgehead atoms. The van der Waals surface area contributed by atoms with Crippen LogP contribution in [0.1, 0.15) is 39.0 Å². The van der Waals surface area contributed by atoms with Gasteiger partial charge in [0.05, 0.1) is 18.4 Å². The molecule has 5 nitrogen and oxygen atoms in total. The minimum Gasteiger partial charge on any atom is -0.476 e. The van der Waals surface area contributed by atoms with Gasteiger partial charge in [0.2, 0.25) is 5.88 Å². The van der Waals surface area contributed by atoms with E-state index in [0.29, 0.717) is 24.2 Å². The molecule has 0 spiro atoms. The summed E-state index contributed by atoms with van der Waals surface area (Å²) in [5.74, 6) is 1.30. The fourth-order valence-corrected chi connectivity index (χ4v) is 2.28. The number of nitrogens with one attached hydrogen (secondary N) is 1. The zero-order valence-corrected chi connectivity index (χ0v) is 11.4. The molecule has 5 heteroatoms. The molecule has 2 rings (SSSR count). The lowest BCUT2D eigenvalue weighted by Gasteiger charge is -2.26. The van der Waals surface area contributed by atoms with Crippen molar-refractivity contribution in [3.05, 3.63) is 12.1 Å². The van der Waals surface area contributed by atoms with Crippen molar-refractivity contribution in [2.75, 3.05) is 17.7 Å². The first-order chi connectivity index (χ1) is 9.19. The van der Waals surface area contributed by atoms with Crippen molar-refractivity contribution in [1.29, 1.82) is 0 Å². The fourth-order valence-electron chi connectivity index (χ4n) is 2.28. The van der Waals surface area contributed by atoms with E-state index in [9.17, 15) is 5.11 Å². The monoisotopic (exact) mass is 265 g/mol. The summed E-state index contributed by atoms with van der Waals surface area (Å²) in [7, 11) is 0. The van der Waals surface area contributed by atoms with E-state index in [1.807, 2.05) is 19.1 Å². The normalized spacial score (nSPS) is 23.1. The maximum Gasteiger partial charge on any atom is 0.239 e. The van der Waals surface area contributed by atoms with Gasteiger partial charge in [0.1, 0.15) is 5.82 Å². The van der Waals surface area contributed by atoms with Crippen LogP contribution in [-0.4, -0.2) is 28.8 Å². The molecule has 1 aromatic rings. The summed E-state index contributed by atoms with van der Waals surface area (Å²) in [5.41, 5.74) is 6.40. The summed E-state index contributed by atoms with van der Waals surface area (Å²) in [6.45, 7) is 2.67. The molecule has 1 fully saturated rings. The lowest BCUT2D eigenvalue weighted by molar-refractivity contribution is 0.126. The number of aromatic nitrogens is 1. The largest absolute Gasteiger partial charge is 0.476 e. The van der Waals surface area contributed by atoms with Crippen LogP contribution in [-0.2, 0) is 0 Å². The van der Waals surface area contributed by atoms with E-state index in [4.69, 9.17) is 10.5 Å². The van der Waals surface area contributed by atoms with Crippen LogP contribution in [0.2, 0.25) is 0 Å². The molecule has 19 heavy (non-hydrogen) atoms. The standard InChI is InChI=1S/C14H23N3O2/c1-2-9-19-14-12(15)7-8-13(17-14)16-10-3-5-11(18)6-4-10/h7-8,10-11,18H,2-6,9,15H2,1H3,(H,16,17). The van der Waals surface area contributed by atoms with Crippen molar-refractivity contribution < 1.29 is 9.84 Å². The number of pyridine rings is 1. The van der Waals surface area contributed by atoms with Gasteiger partial charge in [0, 0.05) is 6.04 Å². The third-order valence-corrected chi connectivity index (χ3v) is 3.38. The molecule has 1 heterocycles. The number of nitrogen functional groups attached to an aromatic ring is 1. The number of hydrogen-bond acceptors (Lipinski definition) is 5. The van der Waals surface area contributed by atoms with Gasteiger partial charge in [-0.2, -0.15) is 4.98 Å². The minimum atomic E-state index is -0.138. The van der Waals surface area contributed by atoms with Crippen LogP contribution >= 0.6 is 0 Å². The van der Waals surface area contributed by atoms with Crippen molar-refractivity contribution in [2.45, 2.75) is 51.2 Å². The molecule has 1 saturated carbocycles. The summed E-state index contributed by atoms with van der Waals surface area (Å²) in [6.07, 6.45) is 4.44. The second-order valence-electron chi connectivity index (χ2n) is 5.09. The van der Waals surface area contributed by atoms with Crippen LogP contribution in [0.5, 0.6) is 5.88 Å². The molecule has 0 unspecified atom stereocenters. The summed E-state index contributed by atoms with van der Waals surface area (Å²) in [6, 6.07) is 4.07. The third kappa shape index (κ3) is 3.99. The molecule has 0 atom stereocenters. The van der Waals surface area contributed by atoms with Crippen molar-refractivity contribution >= 4 is 11.5 Å². The topological polar surface area (TPSA) is 80.4 Å². The summed E-state index contributed by atoms with van der Waals surface area (Å²) in [4.78, 5) is 4.40. The highest BCUT2D eigenvalue weighted by atomic mass is 16.5. The van der Waals surface area contributed by atoms with E-state index in [1.165, 1.54) is 0 Å². The molecule has 0 saturated heterocycles. The Morgan fingerprint density at radius 1 is 1.37 bits per heavy atom. The third-order valence-electron chi connectivity index (χ3n) is 3.38. The van der Waals surface area contributed by atoms with E-state index < -0.39 is 0 Å². The average Bonchev–Trinajstić information content (AvgIpc) is 2.42. The molecular weight excluding hydrogens is 242 g/mol. The van der Waals surface area contributed by atoms with Crippen molar-refractivity contribution in [1.82, 2.24) is 4.98 Å². The first-order valence-corrected chi connectivity index (χ1v) is 7.03. The summed E-state index contributed by atoms with van der Waals surface area (Å²) >= 11 is 0. The van der Waals surface area contributed by atoms with Gasteiger partial charge in [-0.15, -0.1) is 0 Å². The first-order valence-electron chi connectivity index (χ1n) is 7.03. The molecular formula is C14H23N3O2. The average molecular weight is 265 g/mol. The number of nitrogens with zero attached hydrogens (tertiary/aromatic N) is 1. The van der Waals surface area contributed by atoms with E-state index >= 15 is 0 Å². The van der Waals surface area contributed by atoms with Gasteiger partial charge in [-0.1, -0.05) is 6.92 Å². The molecule has 4 N–H and O–H groups in total. The number of nitrogens with two attached hydrogens (primary N) is 1. The zero-order valence-electron chi connectivity index (χ0n) is 11.4. The number of anilines is 2. The molecule has 106 valence electrons. The predicted octanol–water partition coefficient (Wildman–Crippen LogP) is 2.17. The highest BCUT2D eigenvalue weighted by molar-refractivity contribution is 5.53. The summed E-state index contributed by atoms with van der Waals surface area (Å²) < 4.78 is 5.52. The Morgan fingerprint density at radius 3 is 2.79 bits per heavy atom. The number of hydrogen-bond donors (Lipinski definition) is 3. The Balaban J connectivity index is 1.96. The zero-order chi connectivity index (χ0) is 13.7. The van der Waals surface area contributed by atoms with Crippen LogP contribution in [0.25, 0.3) is 0 Å². The van der Waals surface area contributed by atoms with Gasteiger partial charge in [0.15, 0.2) is 0 Å². The molecule has 0 radical (unpaired) electrons. The van der Waals surface area contributed by atoms with Gasteiger partial charge in [0.25, 0.3) is 0 Å². The Labute approximate surface area is 114 Å². The second kappa shape index (κ2) is 6.61. The van der Waals surface area contributed by atoms with E-state index in [-0.39, 0.29) is 6.10 Å². The van der Waals surface area contributed by atoms with Gasteiger partial charge < -0.3 is 20.9 Å². The van der Waals surface area contributed by atoms with Gasteiger partial charge in [-0.05, 0) is 44.2 Å². The van der Waals surface area contributed by atoms with Crippen LogP contribution in [0.3, 0.4) is 0 Å². The molecule has 1 aliphatic rings. The van der Waals surface area contributed by atoms with Crippen molar-refractivity contribution in [3.8, 4) is 5.88 Å². The SMILES string of the molecule is CCCOc1nc(NC2CCC(O)CC2)ccc1N. The highest BCUT2D eigenvalue weighted by Gasteiger charge is 2.19.